The number of hydrogen-bond donors (Lipinski definition) is 1. The largest absolute Gasteiger partial charge is 0.481 e. The highest BCUT2D eigenvalue weighted by Gasteiger charge is 2.12. The third kappa shape index (κ3) is 2.75. The highest BCUT2D eigenvalue weighted by atomic mass is 16.4. The Hall–Kier alpha value is -1.57. The number of benzene rings is 1. The van der Waals surface area contributed by atoms with Crippen molar-refractivity contribution in [3.63, 3.8) is 0 Å². The number of carboxylic acid groups (broad SMARTS) is 1. The Morgan fingerprint density at radius 2 is 2.08 bits per heavy atom. The molecule has 2 nitrogen and oxygen atoms in total. The number of rotatable bonds is 4. The van der Waals surface area contributed by atoms with Gasteiger partial charge in [-0.05, 0) is 12.0 Å². The fourth-order valence-electron chi connectivity index (χ4n) is 1.14. The van der Waals surface area contributed by atoms with Crippen molar-refractivity contribution in [2.45, 2.75) is 6.42 Å². The van der Waals surface area contributed by atoms with Crippen molar-refractivity contribution in [2.75, 3.05) is 0 Å². The first-order valence-corrected chi connectivity index (χ1v) is 4.13. The summed E-state index contributed by atoms with van der Waals surface area (Å²) in [5, 5.41) is 8.76. The summed E-state index contributed by atoms with van der Waals surface area (Å²) in [6.07, 6.45) is 1.98. The van der Waals surface area contributed by atoms with Crippen molar-refractivity contribution in [3.8, 4) is 0 Å². The van der Waals surface area contributed by atoms with Crippen LogP contribution in [-0.4, -0.2) is 11.1 Å². The standard InChI is InChI=1S/C11H12O2/c1-2-10(11(12)13)8-9-6-4-3-5-7-9/h2-7,10H,1,8H2,(H,12,13)/t10-/m1/s1. The summed E-state index contributed by atoms with van der Waals surface area (Å²) >= 11 is 0. The van der Waals surface area contributed by atoms with Crippen molar-refractivity contribution in [3.05, 3.63) is 48.6 Å². The molecular weight excluding hydrogens is 164 g/mol. The van der Waals surface area contributed by atoms with Crippen LogP contribution in [0.25, 0.3) is 0 Å². The van der Waals surface area contributed by atoms with Crippen LogP contribution in [0.4, 0.5) is 0 Å². The van der Waals surface area contributed by atoms with Gasteiger partial charge in [0.1, 0.15) is 0 Å². The Labute approximate surface area is 77.5 Å². The molecule has 2 heteroatoms. The molecule has 0 saturated carbocycles. The first kappa shape index (κ1) is 9.52. The average Bonchev–Trinajstić information content (AvgIpc) is 2.15. The minimum absolute atomic E-state index is 0.484. The summed E-state index contributed by atoms with van der Waals surface area (Å²) in [6.45, 7) is 3.50. The van der Waals surface area contributed by atoms with E-state index >= 15 is 0 Å². The summed E-state index contributed by atoms with van der Waals surface area (Å²) in [5.74, 6) is -1.30. The van der Waals surface area contributed by atoms with Crippen LogP contribution in [0.5, 0.6) is 0 Å². The molecule has 13 heavy (non-hydrogen) atoms. The van der Waals surface area contributed by atoms with Gasteiger partial charge in [0, 0.05) is 0 Å². The van der Waals surface area contributed by atoms with Gasteiger partial charge in [0.2, 0.25) is 0 Å². The van der Waals surface area contributed by atoms with Gasteiger partial charge >= 0.3 is 5.97 Å². The molecule has 0 heterocycles. The molecule has 0 amide bonds. The Kier molecular flexibility index (Phi) is 3.26. The van der Waals surface area contributed by atoms with Crippen LogP contribution in [0, 0.1) is 5.92 Å². The van der Waals surface area contributed by atoms with Gasteiger partial charge in [-0.3, -0.25) is 4.79 Å². The van der Waals surface area contributed by atoms with Crippen molar-refractivity contribution in [2.24, 2.45) is 5.92 Å². The van der Waals surface area contributed by atoms with Gasteiger partial charge < -0.3 is 5.11 Å². The minimum atomic E-state index is -0.821. The Balaban J connectivity index is 2.67. The average molecular weight is 176 g/mol. The fourth-order valence-corrected chi connectivity index (χ4v) is 1.14. The molecule has 68 valence electrons. The molecule has 0 radical (unpaired) electrons. The highest BCUT2D eigenvalue weighted by Crippen LogP contribution is 2.09. The van der Waals surface area contributed by atoms with E-state index in [2.05, 4.69) is 6.58 Å². The zero-order valence-electron chi connectivity index (χ0n) is 7.31. The van der Waals surface area contributed by atoms with E-state index in [4.69, 9.17) is 5.11 Å². The third-order valence-electron chi connectivity index (χ3n) is 1.90. The topological polar surface area (TPSA) is 37.3 Å². The van der Waals surface area contributed by atoms with Gasteiger partial charge in [0.15, 0.2) is 0 Å². The number of carbonyl (C=O) groups is 1. The second-order valence-corrected chi connectivity index (χ2v) is 2.87. The molecule has 1 rings (SSSR count). The van der Waals surface area contributed by atoms with Crippen LogP contribution in [0.15, 0.2) is 43.0 Å². The lowest BCUT2D eigenvalue weighted by Crippen LogP contribution is -2.13. The van der Waals surface area contributed by atoms with Gasteiger partial charge in [0.05, 0.1) is 5.92 Å². The van der Waals surface area contributed by atoms with Gasteiger partial charge in [-0.1, -0.05) is 36.4 Å². The highest BCUT2D eigenvalue weighted by molar-refractivity contribution is 5.72. The lowest BCUT2D eigenvalue weighted by Gasteiger charge is -2.06. The molecule has 0 aliphatic heterocycles. The van der Waals surface area contributed by atoms with E-state index in [0.717, 1.165) is 5.56 Å². The third-order valence-corrected chi connectivity index (χ3v) is 1.90. The van der Waals surface area contributed by atoms with Gasteiger partial charge in [-0.15, -0.1) is 6.58 Å². The number of aliphatic carboxylic acids is 1. The van der Waals surface area contributed by atoms with Crippen LogP contribution >= 0.6 is 0 Å². The van der Waals surface area contributed by atoms with E-state index in [1.54, 1.807) is 0 Å². The van der Waals surface area contributed by atoms with Gasteiger partial charge in [-0.2, -0.15) is 0 Å². The maximum atomic E-state index is 10.7. The molecule has 0 aliphatic rings. The van der Waals surface area contributed by atoms with Crippen molar-refractivity contribution >= 4 is 5.97 Å². The second kappa shape index (κ2) is 4.45. The molecule has 0 spiro atoms. The maximum Gasteiger partial charge on any atom is 0.310 e. The molecule has 0 aliphatic carbocycles. The SMILES string of the molecule is C=C[C@H](Cc1ccccc1)C(=O)O. The molecule has 1 N–H and O–H groups in total. The first-order chi connectivity index (χ1) is 6.24. The smallest absolute Gasteiger partial charge is 0.310 e. The van der Waals surface area contributed by atoms with E-state index < -0.39 is 11.9 Å². The van der Waals surface area contributed by atoms with Gasteiger partial charge in [0.25, 0.3) is 0 Å². The zero-order chi connectivity index (χ0) is 9.68. The Bertz CT molecular complexity index is 290. The van der Waals surface area contributed by atoms with E-state index in [1.807, 2.05) is 30.3 Å². The monoisotopic (exact) mass is 176 g/mol. The summed E-state index contributed by atoms with van der Waals surface area (Å²) < 4.78 is 0. The van der Waals surface area contributed by atoms with Crippen LogP contribution in [0.1, 0.15) is 5.56 Å². The normalized spacial score (nSPS) is 12.0. The summed E-state index contributed by atoms with van der Waals surface area (Å²) in [6, 6.07) is 9.54. The van der Waals surface area contributed by atoms with Crippen LogP contribution < -0.4 is 0 Å². The van der Waals surface area contributed by atoms with Crippen molar-refractivity contribution < 1.29 is 9.90 Å². The first-order valence-electron chi connectivity index (χ1n) is 4.13. The molecule has 1 aromatic carbocycles. The number of hydrogen-bond acceptors (Lipinski definition) is 1. The molecule has 0 aromatic heterocycles. The van der Waals surface area contributed by atoms with Crippen molar-refractivity contribution in [1.29, 1.82) is 0 Å². The van der Waals surface area contributed by atoms with Crippen LogP contribution in [0.2, 0.25) is 0 Å². The van der Waals surface area contributed by atoms with E-state index in [1.165, 1.54) is 6.08 Å². The minimum Gasteiger partial charge on any atom is -0.481 e. The lowest BCUT2D eigenvalue weighted by molar-refractivity contribution is -0.140. The lowest BCUT2D eigenvalue weighted by atomic mass is 10.00. The second-order valence-electron chi connectivity index (χ2n) is 2.87. The quantitative estimate of drug-likeness (QED) is 0.713. The molecule has 0 unspecified atom stereocenters. The predicted octanol–water partition coefficient (Wildman–Crippen LogP) is 2.12. The number of carboxylic acids is 1. The van der Waals surface area contributed by atoms with E-state index in [0.29, 0.717) is 6.42 Å². The zero-order valence-corrected chi connectivity index (χ0v) is 7.31. The molecule has 0 fully saturated rings. The Morgan fingerprint density at radius 1 is 1.46 bits per heavy atom. The summed E-state index contributed by atoms with van der Waals surface area (Å²) in [4.78, 5) is 10.7. The Morgan fingerprint density at radius 3 is 2.54 bits per heavy atom. The maximum absolute atomic E-state index is 10.7. The molecule has 0 bridgehead atoms. The molecule has 0 saturated heterocycles. The summed E-state index contributed by atoms with van der Waals surface area (Å²) in [7, 11) is 0. The van der Waals surface area contributed by atoms with Crippen LogP contribution in [0.3, 0.4) is 0 Å². The summed E-state index contributed by atoms with van der Waals surface area (Å²) in [5.41, 5.74) is 1.02. The molecule has 1 aromatic rings. The van der Waals surface area contributed by atoms with Gasteiger partial charge in [-0.25, -0.2) is 0 Å². The van der Waals surface area contributed by atoms with Crippen molar-refractivity contribution in [1.82, 2.24) is 0 Å². The van der Waals surface area contributed by atoms with E-state index in [9.17, 15) is 4.79 Å². The molecular formula is C11H12O2. The van der Waals surface area contributed by atoms with Crippen LogP contribution in [-0.2, 0) is 11.2 Å². The predicted molar refractivity (Wildman–Crippen MR) is 51.5 cm³/mol. The molecule has 1 atom stereocenters. The van der Waals surface area contributed by atoms with E-state index in [-0.39, 0.29) is 0 Å². The fraction of sp³-hybridized carbons (Fsp3) is 0.182.